The molecule has 2 nitrogen and oxygen atoms in total. The highest BCUT2D eigenvalue weighted by Gasteiger charge is 2.38. The van der Waals surface area contributed by atoms with Gasteiger partial charge in [0, 0.05) is 31.6 Å². The van der Waals surface area contributed by atoms with E-state index in [4.69, 9.17) is 4.42 Å². The predicted molar refractivity (Wildman–Crippen MR) is 97.6 cm³/mol. The fourth-order valence-corrected chi connectivity index (χ4v) is 3.55. The lowest BCUT2D eigenvalue weighted by atomic mass is 9.78. The maximum Gasteiger partial charge on any atom is 0.358 e. The molecule has 2 aromatic rings. The van der Waals surface area contributed by atoms with Crippen LogP contribution in [0.1, 0.15) is 44.7 Å². The van der Waals surface area contributed by atoms with E-state index in [2.05, 4.69) is 81.1 Å². The lowest BCUT2D eigenvalue weighted by molar-refractivity contribution is -0.374. The third kappa shape index (κ3) is 2.90. The van der Waals surface area contributed by atoms with Crippen molar-refractivity contribution >= 4 is 11.5 Å². The maximum atomic E-state index is 6.17. The molecule has 0 saturated heterocycles. The van der Waals surface area contributed by atoms with Crippen molar-refractivity contribution in [1.82, 2.24) is 0 Å². The third-order valence-electron chi connectivity index (χ3n) is 5.03. The largest absolute Gasteiger partial charge is 0.372 e. The van der Waals surface area contributed by atoms with Gasteiger partial charge in [0.25, 0.3) is 0 Å². The Bertz CT molecular complexity index is 701. The first-order chi connectivity index (χ1) is 11.2. The molecule has 1 aliphatic rings. The molecule has 1 heterocycles. The molecule has 3 rings (SSSR count). The minimum Gasteiger partial charge on any atom is -0.372 e. The van der Waals surface area contributed by atoms with Crippen molar-refractivity contribution in [2.45, 2.75) is 33.6 Å². The summed E-state index contributed by atoms with van der Waals surface area (Å²) in [5, 5.41) is 0. The van der Waals surface area contributed by atoms with Gasteiger partial charge in [-0.05, 0) is 38.5 Å². The van der Waals surface area contributed by atoms with Crippen molar-refractivity contribution in [2.75, 3.05) is 18.0 Å². The fourth-order valence-electron chi connectivity index (χ4n) is 3.55. The highest BCUT2D eigenvalue weighted by Crippen LogP contribution is 2.42. The van der Waals surface area contributed by atoms with Crippen LogP contribution in [-0.2, 0) is 4.42 Å². The Morgan fingerprint density at radius 3 is 2.35 bits per heavy atom. The normalized spacial score (nSPS) is 19.9. The number of nitrogens with zero attached hydrogens (tertiary/aromatic N) is 1. The highest BCUT2D eigenvalue weighted by molar-refractivity contribution is 5.82. The number of hydrogen-bond acceptors (Lipinski definition) is 1. The number of ketones is 1. The van der Waals surface area contributed by atoms with E-state index in [1.165, 1.54) is 16.8 Å². The van der Waals surface area contributed by atoms with Crippen LogP contribution in [0.25, 0.3) is 0 Å². The van der Waals surface area contributed by atoms with Crippen LogP contribution in [0.15, 0.2) is 48.5 Å². The predicted octanol–water partition coefficient (Wildman–Crippen LogP) is 5.15. The zero-order valence-electron chi connectivity index (χ0n) is 14.5. The summed E-state index contributed by atoms with van der Waals surface area (Å²) >= 11 is 0. The molecule has 0 bridgehead atoms. The quantitative estimate of drug-likeness (QED) is 0.712. The molecule has 0 aromatic heterocycles. The Labute approximate surface area is 139 Å². The summed E-state index contributed by atoms with van der Waals surface area (Å²) in [5.41, 5.74) is 3.90. The monoisotopic (exact) mass is 308 g/mol. The summed E-state index contributed by atoms with van der Waals surface area (Å²) in [4.78, 5) is 2.36. The summed E-state index contributed by atoms with van der Waals surface area (Å²) < 4.78 is 6.17. The number of fused-ring (bicyclic) bond motifs is 1. The van der Waals surface area contributed by atoms with E-state index >= 15 is 0 Å². The van der Waals surface area contributed by atoms with E-state index in [1.54, 1.807) is 0 Å². The lowest BCUT2D eigenvalue weighted by Crippen LogP contribution is -2.25. The van der Waals surface area contributed by atoms with Crippen LogP contribution in [0.4, 0.5) is 5.69 Å². The van der Waals surface area contributed by atoms with Crippen LogP contribution in [0.3, 0.4) is 0 Å². The van der Waals surface area contributed by atoms with Gasteiger partial charge in [-0.3, -0.25) is 0 Å². The molecular weight excluding hydrogens is 282 g/mol. The number of rotatable bonds is 4. The minimum absolute atomic E-state index is 0.366. The molecule has 23 heavy (non-hydrogen) atoms. The van der Waals surface area contributed by atoms with Gasteiger partial charge in [0.15, 0.2) is 0 Å². The Kier molecular flexibility index (Phi) is 4.51. The minimum atomic E-state index is 0.366. The Morgan fingerprint density at radius 1 is 1.00 bits per heavy atom. The van der Waals surface area contributed by atoms with Crippen molar-refractivity contribution < 1.29 is 4.42 Å². The molecule has 2 aromatic carbocycles. The molecule has 2 heteroatoms. The SMILES string of the molecule is CCN(CC)c1ccc2c(c1)[O+]=C(C)C(C)C2c1ccccc1. The molecule has 2 atom stereocenters. The van der Waals surface area contributed by atoms with Crippen molar-refractivity contribution in [3.05, 3.63) is 59.7 Å². The van der Waals surface area contributed by atoms with E-state index in [1.807, 2.05) is 0 Å². The number of hydrogen-bond donors (Lipinski definition) is 0. The summed E-state index contributed by atoms with van der Waals surface area (Å²) in [6.07, 6.45) is 0. The summed E-state index contributed by atoms with van der Waals surface area (Å²) in [5.74, 6) is 2.86. The molecule has 120 valence electrons. The molecule has 2 unspecified atom stereocenters. The second-order valence-corrected chi connectivity index (χ2v) is 6.28. The fraction of sp³-hybridized carbons (Fsp3) is 0.381. The second-order valence-electron chi connectivity index (χ2n) is 6.28. The van der Waals surface area contributed by atoms with Crippen LogP contribution >= 0.6 is 0 Å². The van der Waals surface area contributed by atoms with Gasteiger partial charge in [-0.15, -0.1) is 0 Å². The summed E-state index contributed by atoms with van der Waals surface area (Å²) in [6, 6.07) is 17.5. The molecule has 0 N–H and O–H groups in total. The Balaban J connectivity index is 2.09. The van der Waals surface area contributed by atoms with E-state index in [0.29, 0.717) is 11.8 Å². The maximum absolute atomic E-state index is 6.17. The van der Waals surface area contributed by atoms with Crippen LogP contribution in [-0.4, -0.2) is 18.9 Å². The van der Waals surface area contributed by atoms with Crippen molar-refractivity contribution in [1.29, 1.82) is 0 Å². The first-order valence-corrected chi connectivity index (χ1v) is 8.60. The Morgan fingerprint density at radius 2 is 1.70 bits per heavy atom. The standard InChI is InChI=1S/C21H26NO/c1-5-22(6-2)18-12-13-19-20(14-18)23-16(4)15(3)21(19)17-10-8-7-9-11-17/h7-15,21H,5-6H2,1-4H3/q+1. The van der Waals surface area contributed by atoms with E-state index in [-0.39, 0.29) is 0 Å². The lowest BCUT2D eigenvalue weighted by Gasteiger charge is -2.25. The van der Waals surface area contributed by atoms with Gasteiger partial charge in [0.1, 0.15) is 0 Å². The van der Waals surface area contributed by atoms with Gasteiger partial charge >= 0.3 is 11.5 Å². The number of benzene rings is 2. The average molecular weight is 308 g/mol. The first-order valence-electron chi connectivity index (χ1n) is 8.60. The van der Waals surface area contributed by atoms with Crippen molar-refractivity contribution in [3.63, 3.8) is 0 Å². The van der Waals surface area contributed by atoms with E-state index in [0.717, 1.165) is 24.6 Å². The van der Waals surface area contributed by atoms with Crippen LogP contribution in [0.2, 0.25) is 0 Å². The molecule has 0 aliphatic carbocycles. The molecule has 0 spiro atoms. The average Bonchev–Trinajstić information content (AvgIpc) is 2.58. The molecular formula is C21H26NO+. The molecule has 0 fully saturated rings. The smallest absolute Gasteiger partial charge is 0.358 e. The molecule has 1 aliphatic heterocycles. The zero-order valence-corrected chi connectivity index (χ0v) is 14.5. The zero-order chi connectivity index (χ0) is 16.4. The van der Waals surface area contributed by atoms with Crippen LogP contribution < -0.4 is 4.90 Å². The van der Waals surface area contributed by atoms with Crippen LogP contribution in [0.5, 0.6) is 5.75 Å². The van der Waals surface area contributed by atoms with Gasteiger partial charge in [-0.25, -0.2) is 4.42 Å². The molecule has 0 radical (unpaired) electrons. The number of carbonyl (C=O) groups excluding carboxylic acids is 1. The highest BCUT2D eigenvalue weighted by atomic mass is 16.4. The first kappa shape index (κ1) is 15.8. The molecule has 0 amide bonds. The molecule has 0 saturated carbocycles. The van der Waals surface area contributed by atoms with Crippen LogP contribution in [0, 0.1) is 5.92 Å². The van der Waals surface area contributed by atoms with Gasteiger partial charge in [-0.1, -0.05) is 30.3 Å². The van der Waals surface area contributed by atoms with Gasteiger partial charge in [0.05, 0.1) is 17.5 Å². The summed E-state index contributed by atoms with van der Waals surface area (Å²) in [6.45, 7) is 10.8. The summed E-state index contributed by atoms with van der Waals surface area (Å²) in [7, 11) is 0. The van der Waals surface area contributed by atoms with E-state index in [9.17, 15) is 0 Å². The Hall–Kier alpha value is -2.09. The van der Waals surface area contributed by atoms with Gasteiger partial charge in [-0.2, -0.15) is 0 Å². The topological polar surface area (TPSA) is 14.5 Å². The third-order valence-corrected chi connectivity index (χ3v) is 5.03. The second kappa shape index (κ2) is 6.57. The van der Waals surface area contributed by atoms with Crippen molar-refractivity contribution in [3.8, 4) is 5.75 Å². The van der Waals surface area contributed by atoms with Gasteiger partial charge in [0.2, 0.25) is 0 Å². The van der Waals surface area contributed by atoms with E-state index < -0.39 is 0 Å². The van der Waals surface area contributed by atoms with Gasteiger partial charge < -0.3 is 4.90 Å². The van der Waals surface area contributed by atoms with Crippen molar-refractivity contribution in [2.24, 2.45) is 5.92 Å². The number of anilines is 1.